The van der Waals surface area contributed by atoms with Crippen molar-refractivity contribution in [1.82, 2.24) is 0 Å². The van der Waals surface area contributed by atoms with Crippen LogP contribution in [0, 0.1) is 23.2 Å². The van der Waals surface area contributed by atoms with E-state index in [1.807, 2.05) is 0 Å². The first-order valence-corrected chi connectivity index (χ1v) is 8.74. The van der Waals surface area contributed by atoms with E-state index in [1.54, 1.807) is 5.56 Å². The van der Waals surface area contributed by atoms with Gasteiger partial charge in [-0.3, -0.25) is 0 Å². The van der Waals surface area contributed by atoms with Crippen molar-refractivity contribution < 1.29 is 4.42 Å². The number of fused-ring (bicyclic) bond motifs is 1. The fourth-order valence-corrected chi connectivity index (χ4v) is 5.83. The molecule has 0 N–H and O–H groups in total. The van der Waals surface area contributed by atoms with Gasteiger partial charge in [-0.25, -0.2) is 0 Å². The maximum Gasteiger partial charge on any atom is 0.107 e. The van der Waals surface area contributed by atoms with E-state index in [1.165, 1.54) is 49.0 Å². The first-order valence-electron chi connectivity index (χ1n) is 8.74. The molecule has 0 saturated heterocycles. The predicted molar refractivity (Wildman–Crippen MR) is 86.4 cm³/mol. The zero-order chi connectivity index (χ0) is 14.8. The quantitative estimate of drug-likeness (QED) is 0.621. The molecule has 21 heavy (non-hydrogen) atoms. The van der Waals surface area contributed by atoms with Crippen LogP contribution in [0.4, 0.5) is 0 Å². The minimum absolute atomic E-state index is 0.513. The molecule has 0 unspecified atom stereocenters. The topological polar surface area (TPSA) is 13.1 Å². The van der Waals surface area contributed by atoms with Crippen LogP contribution in [0.3, 0.4) is 0 Å². The maximum atomic E-state index is 5.90. The highest BCUT2D eigenvalue weighted by Crippen LogP contribution is 2.59. The number of hydrogen-bond donors (Lipinski definition) is 0. The molecular formula is C20H28O. The molecule has 1 heteroatoms. The molecule has 5 atom stereocenters. The molecule has 3 aliphatic carbocycles. The first-order chi connectivity index (χ1) is 9.99. The molecule has 0 aliphatic heterocycles. The second kappa shape index (κ2) is 4.51. The van der Waals surface area contributed by atoms with Crippen LogP contribution in [-0.4, -0.2) is 0 Å². The Morgan fingerprint density at radius 2 is 2.19 bits per heavy atom. The number of furan rings is 1. The summed E-state index contributed by atoms with van der Waals surface area (Å²) in [6.45, 7) is 11.5. The highest BCUT2D eigenvalue weighted by atomic mass is 16.3. The van der Waals surface area contributed by atoms with Crippen LogP contribution < -0.4 is 0 Å². The van der Waals surface area contributed by atoms with E-state index in [9.17, 15) is 0 Å². The molecular weight excluding hydrogens is 256 g/mol. The van der Waals surface area contributed by atoms with Crippen LogP contribution >= 0.6 is 0 Å². The van der Waals surface area contributed by atoms with E-state index in [2.05, 4.69) is 33.6 Å². The Kier molecular flexibility index (Phi) is 2.93. The summed E-state index contributed by atoms with van der Waals surface area (Å²) in [5.74, 6) is 4.39. The Bertz CT molecular complexity index is 581. The van der Waals surface area contributed by atoms with Crippen molar-refractivity contribution in [3.63, 3.8) is 0 Å². The van der Waals surface area contributed by atoms with Gasteiger partial charge >= 0.3 is 0 Å². The van der Waals surface area contributed by atoms with Crippen molar-refractivity contribution in [3.8, 4) is 0 Å². The van der Waals surface area contributed by atoms with Crippen molar-refractivity contribution in [3.05, 3.63) is 35.3 Å². The van der Waals surface area contributed by atoms with Gasteiger partial charge in [0.2, 0.25) is 0 Å². The third-order valence-electron chi connectivity index (χ3n) is 7.01. The number of rotatable bonds is 1. The van der Waals surface area contributed by atoms with E-state index in [0.717, 1.165) is 30.1 Å². The SMILES string of the molecule is C=C(C)[C@@H]1CC[C@]2(C)C[C@@H]3c4c(coc4C[C@H]3C)CC[C@@H]12. The van der Waals surface area contributed by atoms with Crippen molar-refractivity contribution in [2.45, 2.75) is 65.2 Å². The molecule has 0 bridgehead atoms. The molecule has 0 radical (unpaired) electrons. The van der Waals surface area contributed by atoms with E-state index < -0.39 is 0 Å². The first kappa shape index (κ1) is 13.7. The maximum absolute atomic E-state index is 5.90. The smallest absolute Gasteiger partial charge is 0.107 e. The summed E-state index contributed by atoms with van der Waals surface area (Å²) >= 11 is 0. The van der Waals surface area contributed by atoms with E-state index >= 15 is 0 Å². The molecule has 1 nitrogen and oxygen atoms in total. The molecule has 0 spiro atoms. The molecule has 1 aromatic rings. The Labute approximate surface area is 128 Å². The molecule has 3 aliphatic rings. The summed E-state index contributed by atoms with van der Waals surface area (Å²) in [5, 5.41) is 0. The Balaban J connectivity index is 1.74. The number of hydrogen-bond acceptors (Lipinski definition) is 1. The lowest BCUT2D eigenvalue weighted by molar-refractivity contribution is 0.148. The van der Waals surface area contributed by atoms with Gasteiger partial charge in [-0.05, 0) is 73.7 Å². The highest BCUT2D eigenvalue weighted by Gasteiger charge is 2.49. The summed E-state index contributed by atoms with van der Waals surface area (Å²) in [4.78, 5) is 0. The van der Waals surface area contributed by atoms with Crippen molar-refractivity contribution in [1.29, 1.82) is 0 Å². The van der Waals surface area contributed by atoms with Gasteiger partial charge in [-0.1, -0.05) is 26.0 Å². The molecule has 1 saturated carbocycles. The van der Waals surface area contributed by atoms with E-state index in [4.69, 9.17) is 4.42 Å². The predicted octanol–water partition coefficient (Wildman–Crippen LogP) is 5.50. The molecule has 1 fully saturated rings. The molecule has 114 valence electrons. The van der Waals surface area contributed by atoms with Crippen molar-refractivity contribution >= 4 is 0 Å². The minimum atomic E-state index is 0.513. The summed E-state index contributed by atoms with van der Waals surface area (Å²) < 4.78 is 5.90. The second-order valence-electron chi connectivity index (χ2n) is 8.38. The van der Waals surface area contributed by atoms with E-state index in [-0.39, 0.29) is 0 Å². The summed E-state index contributed by atoms with van der Waals surface area (Å²) in [6, 6.07) is 0. The van der Waals surface area contributed by atoms with Gasteiger partial charge in [0.1, 0.15) is 5.76 Å². The van der Waals surface area contributed by atoms with Crippen LogP contribution in [0.25, 0.3) is 0 Å². The van der Waals surface area contributed by atoms with Crippen molar-refractivity contribution in [2.75, 3.05) is 0 Å². The minimum Gasteiger partial charge on any atom is -0.469 e. The van der Waals surface area contributed by atoms with Gasteiger partial charge in [0.05, 0.1) is 6.26 Å². The van der Waals surface area contributed by atoms with Gasteiger partial charge < -0.3 is 4.42 Å². The fourth-order valence-electron chi connectivity index (χ4n) is 5.83. The third kappa shape index (κ3) is 1.89. The van der Waals surface area contributed by atoms with Gasteiger partial charge in [0.25, 0.3) is 0 Å². The number of aryl methyl sites for hydroxylation is 1. The average Bonchev–Trinajstić information content (AvgIpc) is 3.01. The van der Waals surface area contributed by atoms with Crippen LogP contribution in [0.2, 0.25) is 0 Å². The van der Waals surface area contributed by atoms with Gasteiger partial charge in [0.15, 0.2) is 0 Å². The molecule has 1 aromatic heterocycles. The fraction of sp³-hybridized carbons (Fsp3) is 0.700. The van der Waals surface area contributed by atoms with Crippen LogP contribution in [0.1, 0.15) is 69.3 Å². The van der Waals surface area contributed by atoms with Gasteiger partial charge in [-0.15, -0.1) is 0 Å². The highest BCUT2D eigenvalue weighted by molar-refractivity contribution is 5.38. The zero-order valence-corrected chi connectivity index (χ0v) is 13.7. The lowest BCUT2D eigenvalue weighted by atomic mass is 9.65. The monoisotopic (exact) mass is 284 g/mol. The van der Waals surface area contributed by atoms with Crippen molar-refractivity contribution in [2.24, 2.45) is 23.2 Å². The summed E-state index contributed by atoms with van der Waals surface area (Å²) in [7, 11) is 0. The molecule has 0 amide bonds. The summed E-state index contributed by atoms with van der Waals surface area (Å²) in [5.41, 5.74) is 5.06. The standard InChI is InChI=1S/C20H28O/c1-12(2)15-7-8-20(4)10-16-13(3)9-18-19(16)14(11-21-18)5-6-17(15)20/h11,13,15-17H,1,5-10H2,2-4H3/t13-,15+,16+,17+,20-/m1/s1. The third-order valence-corrected chi connectivity index (χ3v) is 7.01. The van der Waals surface area contributed by atoms with Crippen LogP contribution in [-0.2, 0) is 12.8 Å². The lowest BCUT2D eigenvalue weighted by Crippen LogP contribution is -2.31. The molecule has 0 aromatic carbocycles. The zero-order valence-electron chi connectivity index (χ0n) is 13.7. The largest absolute Gasteiger partial charge is 0.469 e. The average molecular weight is 284 g/mol. The molecule has 1 heterocycles. The Morgan fingerprint density at radius 3 is 2.95 bits per heavy atom. The number of allylic oxidation sites excluding steroid dienone is 1. The lowest BCUT2D eigenvalue weighted by Gasteiger charge is -2.39. The van der Waals surface area contributed by atoms with Crippen LogP contribution in [0.15, 0.2) is 22.8 Å². The summed E-state index contributed by atoms with van der Waals surface area (Å²) in [6.07, 6.45) is 9.87. The van der Waals surface area contributed by atoms with Gasteiger partial charge in [-0.2, -0.15) is 0 Å². The molecule has 4 rings (SSSR count). The Morgan fingerprint density at radius 1 is 1.38 bits per heavy atom. The normalized spacial score (nSPS) is 41.3. The Hall–Kier alpha value is -0.980. The second-order valence-corrected chi connectivity index (χ2v) is 8.38. The van der Waals surface area contributed by atoms with Crippen LogP contribution in [0.5, 0.6) is 0 Å². The van der Waals surface area contributed by atoms with E-state index in [0.29, 0.717) is 5.41 Å². The van der Waals surface area contributed by atoms with Gasteiger partial charge in [0, 0.05) is 12.0 Å².